The predicted octanol–water partition coefficient (Wildman–Crippen LogP) is 4.07. The second-order valence-electron chi connectivity index (χ2n) is 5.33. The Morgan fingerprint density at radius 2 is 1.78 bits per heavy atom. The Morgan fingerprint density at radius 1 is 1.13 bits per heavy atom. The lowest BCUT2D eigenvalue weighted by Gasteiger charge is -2.16. The van der Waals surface area contributed by atoms with E-state index in [9.17, 15) is 4.79 Å². The zero-order chi connectivity index (χ0) is 16.7. The van der Waals surface area contributed by atoms with Crippen LogP contribution in [0.3, 0.4) is 0 Å². The number of amides is 1. The highest BCUT2D eigenvalue weighted by atomic mass is 79.9. The molecule has 0 aliphatic heterocycles. The lowest BCUT2D eigenvalue weighted by atomic mass is 10.1. The van der Waals surface area contributed by atoms with Gasteiger partial charge in [0.1, 0.15) is 0 Å². The molecule has 2 rings (SSSR count). The van der Waals surface area contributed by atoms with Crippen molar-refractivity contribution in [2.75, 3.05) is 0 Å². The average Bonchev–Trinajstić information content (AvgIpc) is 2.54. The summed E-state index contributed by atoms with van der Waals surface area (Å²) in [6.07, 6.45) is 1.91. The number of hydrogen-bond acceptors (Lipinski definition) is 2. The maximum absolute atomic E-state index is 12.2. The monoisotopic (exact) mass is 390 g/mol. The standard InChI is InChI=1S/C18H19BrN2OS/c1-13(11-12-14-7-3-2-4-8-14)20-18(23)21-17(22)15-9-5-6-10-16(15)19/h2-10,13H,11-12H2,1H3,(H2,20,21,22,23)/t13-/m1/s1. The molecular formula is C18H19BrN2OS. The van der Waals surface area contributed by atoms with Crippen LogP contribution >= 0.6 is 28.1 Å². The lowest BCUT2D eigenvalue weighted by Crippen LogP contribution is -2.43. The first-order valence-corrected chi connectivity index (χ1v) is 8.66. The molecule has 0 heterocycles. The lowest BCUT2D eigenvalue weighted by molar-refractivity contribution is 0.0976. The molecule has 0 aliphatic rings. The van der Waals surface area contributed by atoms with Gasteiger partial charge in [0.15, 0.2) is 5.11 Å². The van der Waals surface area contributed by atoms with Crippen LogP contribution in [-0.4, -0.2) is 17.1 Å². The number of halogens is 1. The fourth-order valence-electron chi connectivity index (χ4n) is 2.18. The van der Waals surface area contributed by atoms with Gasteiger partial charge in [-0.3, -0.25) is 10.1 Å². The molecule has 0 unspecified atom stereocenters. The second-order valence-corrected chi connectivity index (χ2v) is 6.60. The zero-order valence-electron chi connectivity index (χ0n) is 12.9. The van der Waals surface area contributed by atoms with Crippen LogP contribution in [0.4, 0.5) is 0 Å². The number of benzene rings is 2. The van der Waals surface area contributed by atoms with Crippen molar-refractivity contribution >= 4 is 39.2 Å². The van der Waals surface area contributed by atoms with Crippen molar-refractivity contribution in [1.82, 2.24) is 10.6 Å². The minimum absolute atomic E-state index is 0.183. The van der Waals surface area contributed by atoms with E-state index in [1.165, 1.54) is 5.56 Å². The van der Waals surface area contributed by atoms with Crippen LogP contribution in [0.25, 0.3) is 0 Å². The van der Waals surface area contributed by atoms with E-state index in [2.05, 4.69) is 45.6 Å². The predicted molar refractivity (Wildman–Crippen MR) is 102 cm³/mol. The Kier molecular flexibility index (Phi) is 6.74. The number of rotatable bonds is 5. The van der Waals surface area contributed by atoms with Crippen LogP contribution < -0.4 is 10.6 Å². The quantitative estimate of drug-likeness (QED) is 0.755. The third-order valence-electron chi connectivity index (χ3n) is 3.43. The van der Waals surface area contributed by atoms with Crippen LogP contribution in [0.5, 0.6) is 0 Å². The van der Waals surface area contributed by atoms with Crippen molar-refractivity contribution in [1.29, 1.82) is 0 Å². The minimum atomic E-state index is -0.217. The molecule has 1 amide bonds. The largest absolute Gasteiger partial charge is 0.360 e. The SMILES string of the molecule is C[C@H](CCc1ccccc1)NC(=S)NC(=O)c1ccccc1Br. The molecule has 3 nitrogen and oxygen atoms in total. The molecule has 0 aliphatic carbocycles. The van der Waals surface area contributed by atoms with E-state index in [1.807, 2.05) is 36.4 Å². The number of nitrogens with one attached hydrogen (secondary N) is 2. The van der Waals surface area contributed by atoms with Gasteiger partial charge in [-0.15, -0.1) is 0 Å². The summed E-state index contributed by atoms with van der Waals surface area (Å²) in [6, 6.07) is 17.8. The van der Waals surface area contributed by atoms with Crippen molar-refractivity contribution in [3.63, 3.8) is 0 Å². The molecule has 0 bridgehead atoms. The molecular weight excluding hydrogens is 372 g/mol. The van der Waals surface area contributed by atoms with Crippen LogP contribution in [0.2, 0.25) is 0 Å². The third-order valence-corrected chi connectivity index (χ3v) is 4.34. The molecule has 0 spiro atoms. The summed E-state index contributed by atoms with van der Waals surface area (Å²) in [5.74, 6) is -0.217. The highest BCUT2D eigenvalue weighted by Gasteiger charge is 2.12. The van der Waals surface area contributed by atoms with Gasteiger partial charge < -0.3 is 5.32 Å². The van der Waals surface area contributed by atoms with Crippen molar-refractivity contribution in [3.05, 3.63) is 70.2 Å². The molecule has 1 atom stereocenters. The Bertz CT molecular complexity index is 676. The number of carbonyl (C=O) groups is 1. The van der Waals surface area contributed by atoms with Crippen molar-refractivity contribution in [3.8, 4) is 0 Å². The molecule has 0 aromatic heterocycles. The van der Waals surface area contributed by atoms with Gasteiger partial charge in [-0.05, 0) is 65.6 Å². The normalized spacial score (nSPS) is 11.6. The van der Waals surface area contributed by atoms with E-state index in [-0.39, 0.29) is 11.9 Å². The summed E-state index contributed by atoms with van der Waals surface area (Å²) in [5, 5.41) is 6.23. The maximum Gasteiger partial charge on any atom is 0.258 e. The van der Waals surface area contributed by atoms with Gasteiger partial charge in [-0.1, -0.05) is 42.5 Å². The first kappa shape index (κ1) is 17.6. The average molecular weight is 391 g/mol. The first-order valence-electron chi connectivity index (χ1n) is 7.46. The smallest absolute Gasteiger partial charge is 0.258 e. The summed E-state index contributed by atoms with van der Waals surface area (Å²) in [6.45, 7) is 2.06. The maximum atomic E-state index is 12.2. The van der Waals surface area contributed by atoms with Gasteiger partial charge in [0, 0.05) is 10.5 Å². The summed E-state index contributed by atoms with van der Waals surface area (Å²) >= 11 is 8.59. The Balaban J connectivity index is 1.80. The Labute approximate surface area is 150 Å². The third kappa shape index (κ3) is 5.77. The van der Waals surface area contributed by atoms with E-state index in [0.717, 1.165) is 17.3 Å². The van der Waals surface area contributed by atoms with Crippen LogP contribution in [-0.2, 0) is 6.42 Å². The van der Waals surface area contributed by atoms with E-state index < -0.39 is 0 Å². The molecule has 23 heavy (non-hydrogen) atoms. The zero-order valence-corrected chi connectivity index (χ0v) is 15.3. The molecule has 2 aromatic rings. The fourth-order valence-corrected chi connectivity index (χ4v) is 2.93. The van der Waals surface area contributed by atoms with Gasteiger partial charge in [-0.25, -0.2) is 0 Å². The van der Waals surface area contributed by atoms with Crippen LogP contribution in [0.15, 0.2) is 59.1 Å². The second kappa shape index (κ2) is 8.79. The molecule has 2 aromatic carbocycles. The van der Waals surface area contributed by atoms with Gasteiger partial charge in [0.05, 0.1) is 5.56 Å². The number of carbonyl (C=O) groups excluding carboxylic acids is 1. The highest BCUT2D eigenvalue weighted by molar-refractivity contribution is 9.10. The topological polar surface area (TPSA) is 41.1 Å². The first-order chi connectivity index (χ1) is 11.1. The molecule has 5 heteroatoms. The van der Waals surface area contributed by atoms with E-state index in [0.29, 0.717) is 10.7 Å². The number of thiocarbonyl (C=S) groups is 1. The molecule has 0 saturated heterocycles. The summed E-state index contributed by atoms with van der Waals surface area (Å²) < 4.78 is 0.748. The van der Waals surface area contributed by atoms with Gasteiger partial charge in [0.2, 0.25) is 0 Å². The molecule has 120 valence electrons. The van der Waals surface area contributed by atoms with E-state index in [1.54, 1.807) is 6.07 Å². The van der Waals surface area contributed by atoms with E-state index in [4.69, 9.17) is 12.2 Å². The molecule has 0 saturated carbocycles. The molecule has 2 N–H and O–H groups in total. The van der Waals surface area contributed by atoms with Crippen LogP contribution in [0.1, 0.15) is 29.3 Å². The van der Waals surface area contributed by atoms with Crippen molar-refractivity contribution in [2.45, 2.75) is 25.8 Å². The van der Waals surface area contributed by atoms with E-state index >= 15 is 0 Å². The minimum Gasteiger partial charge on any atom is -0.360 e. The van der Waals surface area contributed by atoms with Crippen molar-refractivity contribution in [2.24, 2.45) is 0 Å². The Morgan fingerprint density at radius 3 is 2.48 bits per heavy atom. The van der Waals surface area contributed by atoms with Crippen molar-refractivity contribution < 1.29 is 4.79 Å². The van der Waals surface area contributed by atoms with Gasteiger partial charge >= 0.3 is 0 Å². The summed E-state index contributed by atoms with van der Waals surface area (Å²) in [7, 11) is 0. The summed E-state index contributed by atoms with van der Waals surface area (Å²) in [4.78, 5) is 12.2. The molecule has 0 fully saturated rings. The van der Waals surface area contributed by atoms with Gasteiger partial charge in [0.25, 0.3) is 5.91 Å². The number of aryl methyl sites for hydroxylation is 1. The number of hydrogen-bond donors (Lipinski definition) is 2. The van der Waals surface area contributed by atoms with Gasteiger partial charge in [-0.2, -0.15) is 0 Å². The summed E-state index contributed by atoms with van der Waals surface area (Å²) in [5.41, 5.74) is 1.86. The fraction of sp³-hybridized carbons (Fsp3) is 0.222. The molecule has 0 radical (unpaired) electrons. The highest BCUT2D eigenvalue weighted by Crippen LogP contribution is 2.15. The Hall–Kier alpha value is -1.72. The van der Waals surface area contributed by atoms with Crippen LogP contribution in [0, 0.1) is 0 Å².